The van der Waals surface area contributed by atoms with E-state index in [2.05, 4.69) is 76.4 Å². The Morgan fingerprint density at radius 2 is 1.74 bits per heavy atom. The number of halogens is 4. The number of aliphatic hydroxyl groups is 1. The Morgan fingerprint density at radius 1 is 1.11 bits per heavy atom. The summed E-state index contributed by atoms with van der Waals surface area (Å²) in [7, 11) is -2.07. The molecule has 1 spiro atoms. The summed E-state index contributed by atoms with van der Waals surface area (Å²) >= 11 is 2.45. The van der Waals surface area contributed by atoms with Gasteiger partial charge in [0.15, 0.2) is 8.32 Å². The van der Waals surface area contributed by atoms with Gasteiger partial charge in [-0.3, -0.25) is 4.98 Å². The zero-order chi connectivity index (χ0) is 28.3. The highest BCUT2D eigenvalue weighted by atomic mass is 127. The number of nitrogens with zero attached hydrogens (tertiary/aromatic N) is 1. The van der Waals surface area contributed by atoms with Crippen molar-refractivity contribution in [2.24, 2.45) is 11.3 Å². The largest absolute Gasteiger partial charge is 0.416 e. The fraction of sp³-hybridized carbons (Fsp3) is 0.633. The molecule has 1 aromatic heterocycles. The molecule has 0 aliphatic heterocycles. The van der Waals surface area contributed by atoms with E-state index in [1.165, 1.54) is 21.3 Å². The van der Waals surface area contributed by atoms with Crippen molar-refractivity contribution in [3.05, 3.63) is 62.0 Å². The highest BCUT2D eigenvalue weighted by Crippen LogP contribution is 2.57. The minimum atomic E-state index is -4.38. The molecule has 210 valence electrons. The van der Waals surface area contributed by atoms with E-state index in [1.807, 2.05) is 0 Å². The van der Waals surface area contributed by atoms with Gasteiger partial charge in [-0.25, -0.2) is 0 Å². The average Bonchev–Trinajstić information content (AvgIpc) is 3.19. The first-order valence-electron chi connectivity index (χ1n) is 13.6. The maximum Gasteiger partial charge on any atom is 0.416 e. The number of rotatable bonds is 5. The molecule has 2 aromatic rings. The van der Waals surface area contributed by atoms with Gasteiger partial charge in [-0.1, -0.05) is 46.8 Å². The minimum absolute atomic E-state index is 0.00541. The quantitative estimate of drug-likeness (QED) is 0.257. The molecule has 0 saturated heterocycles. The van der Waals surface area contributed by atoms with E-state index < -0.39 is 26.2 Å². The molecule has 1 N–H and O–H groups in total. The third-order valence-electron chi connectivity index (χ3n) is 9.19. The van der Waals surface area contributed by atoms with Gasteiger partial charge >= 0.3 is 6.18 Å². The summed E-state index contributed by atoms with van der Waals surface area (Å²) in [5.41, 5.74) is 3.28. The van der Waals surface area contributed by atoms with Crippen molar-refractivity contribution in [3.8, 4) is 0 Å². The van der Waals surface area contributed by atoms with Crippen LogP contribution in [-0.4, -0.2) is 18.4 Å². The number of benzene rings is 1. The molecule has 4 rings (SSSR count). The fourth-order valence-electron chi connectivity index (χ4n) is 5.93. The summed E-state index contributed by atoms with van der Waals surface area (Å²) in [5.74, 6) is 0.318. The van der Waals surface area contributed by atoms with Crippen LogP contribution < -0.4 is 0 Å². The zero-order valence-electron chi connectivity index (χ0n) is 23.5. The van der Waals surface area contributed by atoms with Crippen LogP contribution in [0.2, 0.25) is 18.1 Å². The van der Waals surface area contributed by atoms with Crippen LogP contribution in [0.15, 0.2) is 30.3 Å². The molecule has 2 aliphatic rings. The normalized spacial score (nSPS) is 25.2. The van der Waals surface area contributed by atoms with Gasteiger partial charge in [-0.05, 0) is 114 Å². The second-order valence-corrected chi connectivity index (χ2v) is 19.3. The average molecular weight is 660 g/mol. The number of alkyl halides is 3. The Labute approximate surface area is 240 Å². The predicted octanol–water partition coefficient (Wildman–Crippen LogP) is 9.36. The molecule has 38 heavy (non-hydrogen) atoms. The van der Waals surface area contributed by atoms with Gasteiger partial charge in [0.05, 0.1) is 17.8 Å². The standard InChI is InChI=1S/C30H41F3INO2Si/c1-18(2)23-14-22(34)26-24(35-23)16-29(17-25(26)37-38(6,7)28(3,4)5)13-12-20(15-29)27(36)19-8-10-21(11-9-19)30(31,32)33/h8-11,14,18,20,25,27,36H,12-13,15-17H2,1-7H3/t20-,25-,27?,29-/m0/s1. The first kappa shape index (κ1) is 30.0. The molecule has 0 amide bonds. The van der Waals surface area contributed by atoms with Crippen molar-refractivity contribution in [1.29, 1.82) is 0 Å². The van der Waals surface area contributed by atoms with Crippen LogP contribution in [0.4, 0.5) is 13.2 Å². The lowest BCUT2D eigenvalue weighted by Gasteiger charge is -2.45. The second-order valence-electron chi connectivity index (χ2n) is 13.4. The van der Waals surface area contributed by atoms with E-state index in [1.54, 1.807) is 0 Å². The Kier molecular flexibility index (Phi) is 8.25. The third kappa shape index (κ3) is 6.03. The van der Waals surface area contributed by atoms with E-state index in [0.29, 0.717) is 11.5 Å². The highest BCUT2D eigenvalue weighted by molar-refractivity contribution is 14.1. The molecule has 0 bridgehead atoms. The maximum absolute atomic E-state index is 13.0. The van der Waals surface area contributed by atoms with Gasteiger partial charge in [-0.15, -0.1) is 0 Å². The molecule has 1 heterocycles. The molecule has 3 nitrogen and oxygen atoms in total. The van der Waals surface area contributed by atoms with Crippen LogP contribution in [-0.2, 0) is 17.0 Å². The number of pyridine rings is 1. The van der Waals surface area contributed by atoms with Crippen molar-refractivity contribution in [2.45, 2.75) is 109 Å². The van der Waals surface area contributed by atoms with Crippen LogP contribution in [0.1, 0.15) is 107 Å². The van der Waals surface area contributed by atoms with Crippen LogP contribution in [0, 0.1) is 14.9 Å². The van der Waals surface area contributed by atoms with Gasteiger partial charge in [0, 0.05) is 20.5 Å². The molecule has 1 fully saturated rings. The summed E-state index contributed by atoms with van der Waals surface area (Å²) in [4.78, 5) is 5.16. The molecule has 1 unspecified atom stereocenters. The molecule has 1 aromatic carbocycles. The SMILES string of the molecule is CC(C)c1cc(I)c2c(n1)C[C@@]1(CC[C@H](C(O)c3ccc(C(F)(F)F)cc3)C1)C[C@@H]2O[Si](C)(C)C(C)(C)C. The topological polar surface area (TPSA) is 42.4 Å². The third-order valence-corrected chi connectivity index (χ3v) is 14.6. The van der Waals surface area contributed by atoms with Crippen molar-refractivity contribution in [2.75, 3.05) is 0 Å². The Morgan fingerprint density at radius 3 is 2.29 bits per heavy atom. The van der Waals surface area contributed by atoms with Gasteiger partial charge in [0.1, 0.15) is 0 Å². The van der Waals surface area contributed by atoms with Crippen molar-refractivity contribution in [1.82, 2.24) is 4.98 Å². The molecular weight excluding hydrogens is 618 g/mol. The van der Waals surface area contributed by atoms with Crippen LogP contribution in [0.5, 0.6) is 0 Å². The lowest BCUT2D eigenvalue weighted by molar-refractivity contribution is -0.137. The van der Waals surface area contributed by atoms with Crippen LogP contribution in [0.3, 0.4) is 0 Å². The number of hydrogen-bond donors (Lipinski definition) is 1. The van der Waals surface area contributed by atoms with Gasteiger partial charge in [0.2, 0.25) is 0 Å². The maximum atomic E-state index is 13.0. The number of aromatic nitrogens is 1. The molecule has 1 saturated carbocycles. The molecule has 2 aliphatic carbocycles. The lowest BCUT2D eigenvalue weighted by Crippen LogP contribution is -2.44. The smallest absolute Gasteiger partial charge is 0.410 e. The molecule has 0 radical (unpaired) electrons. The summed E-state index contributed by atoms with van der Waals surface area (Å²) in [5, 5.41) is 11.3. The Balaban J connectivity index is 1.64. The number of hydrogen-bond acceptors (Lipinski definition) is 3. The monoisotopic (exact) mass is 659 g/mol. The minimum Gasteiger partial charge on any atom is -0.410 e. The summed E-state index contributed by atoms with van der Waals surface area (Å²) < 4.78 is 47.4. The first-order chi connectivity index (χ1) is 17.4. The van der Waals surface area contributed by atoms with Crippen molar-refractivity contribution in [3.63, 3.8) is 0 Å². The lowest BCUT2D eigenvalue weighted by atomic mass is 9.70. The van der Waals surface area contributed by atoms with Crippen LogP contribution in [0.25, 0.3) is 0 Å². The summed E-state index contributed by atoms with van der Waals surface area (Å²) in [6.07, 6.45) is -0.851. The zero-order valence-corrected chi connectivity index (χ0v) is 26.7. The molecule has 4 atom stereocenters. The first-order valence-corrected chi connectivity index (χ1v) is 17.6. The van der Waals surface area contributed by atoms with Gasteiger partial charge < -0.3 is 9.53 Å². The van der Waals surface area contributed by atoms with E-state index in [4.69, 9.17) is 9.41 Å². The van der Waals surface area contributed by atoms with Crippen LogP contribution >= 0.6 is 22.6 Å². The van der Waals surface area contributed by atoms with Crippen molar-refractivity contribution >= 4 is 30.9 Å². The molecular formula is C30H41F3INO2Si. The summed E-state index contributed by atoms with van der Waals surface area (Å²) in [6, 6.07) is 7.20. The number of fused-ring (bicyclic) bond motifs is 1. The fourth-order valence-corrected chi connectivity index (χ4v) is 8.17. The van der Waals surface area contributed by atoms with E-state index >= 15 is 0 Å². The summed E-state index contributed by atoms with van der Waals surface area (Å²) in [6.45, 7) is 15.7. The van der Waals surface area contributed by atoms with E-state index in [0.717, 1.165) is 55.6 Å². The van der Waals surface area contributed by atoms with E-state index in [9.17, 15) is 18.3 Å². The number of aliphatic hydroxyl groups excluding tert-OH is 1. The van der Waals surface area contributed by atoms with E-state index in [-0.39, 0.29) is 22.5 Å². The predicted molar refractivity (Wildman–Crippen MR) is 157 cm³/mol. The molecule has 8 heteroatoms. The van der Waals surface area contributed by atoms with Gasteiger partial charge in [-0.2, -0.15) is 13.2 Å². The second kappa shape index (κ2) is 10.5. The highest BCUT2D eigenvalue weighted by Gasteiger charge is 2.50. The Bertz CT molecular complexity index is 1160. The van der Waals surface area contributed by atoms with Crippen molar-refractivity contribution < 1.29 is 22.7 Å². The van der Waals surface area contributed by atoms with Gasteiger partial charge in [0.25, 0.3) is 0 Å². The Hall–Kier alpha value is -0.973.